The highest BCUT2D eigenvalue weighted by atomic mass is 79.9. The molecule has 0 unspecified atom stereocenters. The molecular weight excluding hydrogens is 309 g/mol. The number of nitrogens with zero attached hydrogens (tertiary/aromatic N) is 2. The van der Waals surface area contributed by atoms with Crippen molar-refractivity contribution >= 4 is 15.9 Å². The fraction of sp³-hybridized carbons (Fsp3) is 0.357. The van der Waals surface area contributed by atoms with Gasteiger partial charge in [0.05, 0.1) is 17.2 Å². The highest BCUT2D eigenvalue weighted by Gasteiger charge is 2.10. The monoisotopic (exact) mass is 325 g/mol. The predicted molar refractivity (Wildman–Crippen MR) is 77.5 cm³/mol. The topological polar surface area (TPSA) is 29.9 Å². The molecule has 0 atom stereocenters. The molecule has 0 aliphatic carbocycles. The van der Waals surface area contributed by atoms with Gasteiger partial charge in [-0.1, -0.05) is 19.1 Å². The number of hydrogen-bond acceptors (Lipinski definition) is 2. The Morgan fingerprint density at radius 3 is 2.89 bits per heavy atom. The molecule has 2 aromatic rings. The summed E-state index contributed by atoms with van der Waals surface area (Å²) in [7, 11) is 0. The van der Waals surface area contributed by atoms with Crippen molar-refractivity contribution in [3.8, 4) is 0 Å². The van der Waals surface area contributed by atoms with Gasteiger partial charge in [0.1, 0.15) is 5.82 Å². The number of aromatic nitrogens is 2. The normalized spacial score (nSPS) is 10.9. The average molecular weight is 326 g/mol. The van der Waals surface area contributed by atoms with E-state index in [4.69, 9.17) is 0 Å². The molecule has 1 N–H and O–H groups in total. The van der Waals surface area contributed by atoms with E-state index in [-0.39, 0.29) is 5.82 Å². The number of benzene rings is 1. The Labute approximate surface area is 121 Å². The van der Waals surface area contributed by atoms with E-state index >= 15 is 0 Å². The number of rotatable bonds is 5. The molecule has 1 heterocycles. The molecule has 0 spiro atoms. The summed E-state index contributed by atoms with van der Waals surface area (Å²) in [5.74, 6) is -0.241. The van der Waals surface area contributed by atoms with Crippen molar-refractivity contribution in [3.63, 3.8) is 0 Å². The lowest BCUT2D eigenvalue weighted by atomic mass is 10.2. The van der Waals surface area contributed by atoms with Crippen LogP contribution in [0.25, 0.3) is 0 Å². The largest absolute Gasteiger partial charge is 0.313 e. The summed E-state index contributed by atoms with van der Waals surface area (Å²) in [6.45, 7) is 6.42. The molecule has 0 aliphatic heterocycles. The second-order valence-electron chi connectivity index (χ2n) is 4.41. The highest BCUT2D eigenvalue weighted by Crippen LogP contribution is 2.22. The fourth-order valence-corrected chi connectivity index (χ4v) is 2.30. The maximum atomic E-state index is 13.5. The molecule has 0 bridgehead atoms. The van der Waals surface area contributed by atoms with Gasteiger partial charge in [-0.05, 0) is 41.0 Å². The van der Waals surface area contributed by atoms with E-state index in [1.165, 1.54) is 11.6 Å². The lowest BCUT2D eigenvalue weighted by Gasteiger charge is -2.08. The molecule has 0 radical (unpaired) electrons. The van der Waals surface area contributed by atoms with Crippen molar-refractivity contribution in [1.82, 2.24) is 15.1 Å². The van der Waals surface area contributed by atoms with Gasteiger partial charge >= 0.3 is 0 Å². The smallest absolute Gasteiger partial charge is 0.137 e. The second kappa shape index (κ2) is 6.30. The van der Waals surface area contributed by atoms with E-state index in [0.717, 1.165) is 24.3 Å². The summed E-state index contributed by atoms with van der Waals surface area (Å²) in [6.07, 6.45) is 1.87. The van der Waals surface area contributed by atoms with Crippen LogP contribution in [0.15, 0.2) is 28.9 Å². The Bertz CT molecular complexity index is 566. The first kappa shape index (κ1) is 14.2. The van der Waals surface area contributed by atoms with Gasteiger partial charge in [-0.25, -0.2) is 4.39 Å². The molecule has 0 amide bonds. The van der Waals surface area contributed by atoms with Gasteiger partial charge in [0, 0.05) is 17.8 Å². The summed E-state index contributed by atoms with van der Waals surface area (Å²) in [4.78, 5) is 0. The molecule has 5 heteroatoms. The van der Waals surface area contributed by atoms with E-state index < -0.39 is 0 Å². The van der Waals surface area contributed by atoms with Gasteiger partial charge in [-0.2, -0.15) is 5.10 Å². The van der Waals surface area contributed by atoms with Crippen LogP contribution in [0.2, 0.25) is 0 Å². The van der Waals surface area contributed by atoms with Crippen molar-refractivity contribution < 1.29 is 4.39 Å². The molecule has 3 nitrogen and oxygen atoms in total. The first-order chi connectivity index (χ1) is 9.13. The molecule has 1 aromatic heterocycles. The van der Waals surface area contributed by atoms with Crippen LogP contribution in [0.4, 0.5) is 4.39 Å². The Kier molecular flexibility index (Phi) is 4.71. The van der Waals surface area contributed by atoms with Crippen LogP contribution in [0.5, 0.6) is 0 Å². The van der Waals surface area contributed by atoms with Crippen LogP contribution in [0, 0.1) is 12.7 Å². The molecule has 0 aliphatic rings. The summed E-state index contributed by atoms with van der Waals surface area (Å²) in [5, 5.41) is 7.65. The standard InChI is InChI=1S/C14H17BrFN3/c1-3-17-7-12-8-18-19(10(12)2)9-11-5-4-6-13(16)14(11)15/h4-6,8,17H,3,7,9H2,1-2H3. The van der Waals surface area contributed by atoms with Crippen molar-refractivity contribution in [3.05, 3.63) is 51.5 Å². The second-order valence-corrected chi connectivity index (χ2v) is 5.20. The molecule has 2 rings (SSSR count). The molecule has 0 fully saturated rings. The fourth-order valence-electron chi connectivity index (χ4n) is 1.91. The zero-order valence-corrected chi connectivity index (χ0v) is 12.7. The molecule has 102 valence electrons. The van der Waals surface area contributed by atoms with Crippen LogP contribution in [-0.2, 0) is 13.1 Å². The van der Waals surface area contributed by atoms with Crippen LogP contribution in [0.1, 0.15) is 23.7 Å². The van der Waals surface area contributed by atoms with Crippen LogP contribution in [-0.4, -0.2) is 16.3 Å². The lowest BCUT2D eigenvalue weighted by molar-refractivity contribution is 0.608. The van der Waals surface area contributed by atoms with Crippen molar-refractivity contribution in [2.45, 2.75) is 26.9 Å². The van der Waals surface area contributed by atoms with Crippen LogP contribution >= 0.6 is 15.9 Å². The zero-order chi connectivity index (χ0) is 13.8. The summed E-state index contributed by atoms with van der Waals surface area (Å²) < 4.78 is 15.9. The van der Waals surface area contributed by atoms with Gasteiger partial charge in [-0.3, -0.25) is 4.68 Å². The van der Waals surface area contributed by atoms with Gasteiger partial charge in [0.2, 0.25) is 0 Å². The van der Waals surface area contributed by atoms with Gasteiger partial charge in [0.15, 0.2) is 0 Å². The molecular formula is C14H17BrFN3. The number of halogens is 2. The van der Waals surface area contributed by atoms with E-state index in [2.05, 4.69) is 33.3 Å². The molecule has 0 saturated heterocycles. The van der Waals surface area contributed by atoms with Gasteiger partial charge in [0.25, 0.3) is 0 Å². The predicted octanol–water partition coefficient (Wildman–Crippen LogP) is 3.25. The molecule has 19 heavy (non-hydrogen) atoms. The van der Waals surface area contributed by atoms with E-state index in [1.54, 1.807) is 6.07 Å². The minimum absolute atomic E-state index is 0.241. The Morgan fingerprint density at radius 2 is 2.16 bits per heavy atom. The van der Waals surface area contributed by atoms with Crippen molar-refractivity contribution in [1.29, 1.82) is 0 Å². The summed E-state index contributed by atoms with van der Waals surface area (Å²) in [6, 6.07) is 5.06. The third-order valence-electron chi connectivity index (χ3n) is 3.12. The highest BCUT2D eigenvalue weighted by molar-refractivity contribution is 9.10. The average Bonchev–Trinajstić information content (AvgIpc) is 2.74. The van der Waals surface area contributed by atoms with Crippen LogP contribution in [0.3, 0.4) is 0 Å². The van der Waals surface area contributed by atoms with E-state index in [9.17, 15) is 4.39 Å². The minimum atomic E-state index is -0.241. The third kappa shape index (κ3) is 3.22. The van der Waals surface area contributed by atoms with E-state index in [0.29, 0.717) is 11.0 Å². The quantitative estimate of drug-likeness (QED) is 0.914. The van der Waals surface area contributed by atoms with Crippen molar-refractivity contribution in [2.24, 2.45) is 0 Å². The maximum absolute atomic E-state index is 13.5. The maximum Gasteiger partial charge on any atom is 0.137 e. The molecule has 1 aromatic carbocycles. The number of hydrogen-bond donors (Lipinski definition) is 1. The Balaban J connectivity index is 2.19. The first-order valence-electron chi connectivity index (χ1n) is 6.28. The Hall–Kier alpha value is -1.20. The molecule has 0 saturated carbocycles. The Morgan fingerprint density at radius 1 is 1.37 bits per heavy atom. The summed E-state index contributed by atoms with van der Waals surface area (Å²) >= 11 is 3.28. The van der Waals surface area contributed by atoms with E-state index in [1.807, 2.05) is 23.9 Å². The first-order valence-corrected chi connectivity index (χ1v) is 7.07. The van der Waals surface area contributed by atoms with Gasteiger partial charge in [-0.15, -0.1) is 0 Å². The van der Waals surface area contributed by atoms with Crippen molar-refractivity contribution in [2.75, 3.05) is 6.54 Å². The summed E-state index contributed by atoms with van der Waals surface area (Å²) in [5.41, 5.74) is 3.17. The lowest BCUT2D eigenvalue weighted by Crippen LogP contribution is -2.12. The SMILES string of the molecule is CCNCc1cnn(Cc2cccc(F)c2Br)c1C. The minimum Gasteiger partial charge on any atom is -0.313 e. The van der Waals surface area contributed by atoms with Crippen LogP contribution < -0.4 is 5.32 Å². The third-order valence-corrected chi connectivity index (χ3v) is 4.01. The number of nitrogens with one attached hydrogen (secondary N) is 1. The zero-order valence-electron chi connectivity index (χ0n) is 11.1. The van der Waals surface area contributed by atoms with Gasteiger partial charge < -0.3 is 5.32 Å².